The van der Waals surface area contributed by atoms with Crippen molar-refractivity contribution < 1.29 is 0 Å². The van der Waals surface area contributed by atoms with Crippen LogP contribution in [0.5, 0.6) is 0 Å². The first-order valence-corrected chi connectivity index (χ1v) is 7.85. The van der Waals surface area contributed by atoms with Crippen molar-refractivity contribution in [1.29, 1.82) is 0 Å². The van der Waals surface area contributed by atoms with Gasteiger partial charge in [-0.1, -0.05) is 66.7 Å². The van der Waals surface area contributed by atoms with E-state index in [1.54, 1.807) is 4.80 Å². The molecule has 3 aromatic carbocycles. The Hall–Kier alpha value is -2.94. The summed E-state index contributed by atoms with van der Waals surface area (Å²) in [7, 11) is 0. The Morgan fingerprint density at radius 1 is 0.696 bits per heavy atom. The largest absolute Gasteiger partial charge is 0.184 e. The normalized spacial score (nSPS) is 11.0. The molecule has 0 saturated carbocycles. The average Bonchev–Trinajstić information content (AvgIpc) is 3.06. The minimum absolute atomic E-state index is 0.757. The van der Waals surface area contributed by atoms with Crippen LogP contribution in [0.3, 0.4) is 0 Å². The molecule has 3 nitrogen and oxygen atoms in total. The quantitative estimate of drug-likeness (QED) is 0.545. The molecule has 4 rings (SSSR count). The van der Waals surface area contributed by atoms with Gasteiger partial charge in [0.2, 0.25) is 0 Å². The molecule has 0 radical (unpaired) electrons. The van der Waals surface area contributed by atoms with Gasteiger partial charge in [0, 0.05) is 11.1 Å². The van der Waals surface area contributed by atoms with E-state index in [2.05, 4.69) is 71.7 Å². The zero-order valence-corrected chi connectivity index (χ0v) is 13.0. The third kappa shape index (κ3) is 2.50. The highest BCUT2D eigenvalue weighted by Crippen LogP contribution is 2.30. The van der Waals surface area contributed by atoms with E-state index < -0.39 is 0 Å². The van der Waals surface area contributed by atoms with Crippen molar-refractivity contribution in [1.82, 2.24) is 15.0 Å². The molecule has 0 fully saturated rings. The average molecular weight is 299 g/mol. The molecule has 0 unspecified atom stereocenters. The van der Waals surface area contributed by atoms with Crippen LogP contribution in [0, 0.1) is 0 Å². The van der Waals surface area contributed by atoms with E-state index in [9.17, 15) is 0 Å². The Bertz CT molecular complexity index is 955. The van der Waals surface area contributed by atoms with E-state index in [4.69, 9.17) is 0 Å². The summed E-state index contributed by atoms with van der Waals surface area (Å²) >= 11 is 0. The van der Waals surface area contributed by atoms with Crippen LogP contribution in [-0.4, -0.2) is 15.0 Å². The fourth-order valence-electron chi connectivity index (χ4n) is 2.81. The second-order valence-electron chi connectivity index (χ2n) is 5.51. The van der Waals surface area contributed by atoms with Gasteiger partial charge in [-0.2, -0.15) is 15.0 Å². The van der Waals surface area contributed by atoms with E-state index in [-0.39, 0.29) is 0 Å². The highest BCUT2D eigenvalue weighted by molar-refractivity contribution is 5.89. The summed E-state index contributed by atoms with van der Waals surface area (Å²) in [4.78, 5) is 1.76. The fraction of sp³-hybridized carbons (Fsp3) is 0.100. The second-order valence-corrected chi connectivity index (χ2v) is 5.51. The Balaban J connectivity index is 1.91. The van der Waals surface area contributed by atoms with Gasteiger partial charge in [0.25, 0.3) is 0 Å². The lowest BCUT2D eigenvalue weighted by Crippen LogP contribution is -1.98. The molecule has 0 N–H and O–H groups in total. The molecule has 1 heterocycles. The van der Waals surface area contributed by atoms with Crippen molar-refractivity contribution in [3.8, 4) is 22.5 Å². The lowest BCUT2D eigenvalue weighted by Gasteiger charge is -2.03. The molecule has 0 bridgehead atoms. The lowest BCUT2D eigenvalue weighted by atomic mass is 10.0. The fourth-order valence-corrected chi connectivity index (χ4v) is 2.81. The molecule has 23 heavy (non-hydrogen) atoms. The molecule has 0 atom stereocenters. The first-order chi connectivity index (χ1) is 11.3. The van der Waals surface area contributed by atoms with Gasteiger partial charge in [0.1, 0.15) is 11.4 Å². The molecular formula is C20H17N3. The monoisotopic (exact) mass is 299 g/mol. The Morgan fingerprint density at radius 3 is 2.09 bits per heavy atom. The molecule has 112 valence electrons. The molecule has 0 amide bonds. The third-order valence-electron chi connectivity index (χ3n) is 4.01. The number of hydrogen-bond donors (Lipinski definition) is 0. The van der Waals surface area contributed by atoms with Crippen molar-refractivity contribution in [2.45, 2.75) is 13.5 Å². The molecule has 4 aromatic rings. The smallest absolute Gasteiger partial charge is 0.121 e. The SMILES string of the molecule is CCn1nc(-c2ccccc2)c(-c2ccc3ccccc3c2)n1. The summed E-state index contributed by atoms with van der Waals surface area (Å²) < 4.78 is 0. The maximum atomic E-state index is 4.69. The number of aromatic nitrogens is 3. The highest BCUT2D eigenvalue weighted by atomic mass is 15.5. The van der Waals surface area contributed by atoms with Crippen molar-refractivity contribution in [3.63, 3.8) is 0 Å². The first kappa shape index (κ1) is 13.7. The summed E-state index contributed by atoms with van der Waals surface area (Å²) in [6.45, 7) is 2.81. The van der Waals surface area contributed by atoms with E-state index in [1.165, 1.54) is 10.8 Å². The number of nitrogens with zero attached hydrogens (tertiary/aromatic N) is 3. The van der Waals surface area contributed by atoms with E-state index >= 15 is 0 Å². The van der Waals surface area contributed by atoms with Crippen molar-refractivity contribution in [2.24, 2.45) is 0 Å². The summed E-state index contributed by atoms with van der Waals surface area (Å²) in [5.74, 6) is 0. The maximum Gasteiger partial charge on any atom is 0.121 e. The maximum absolute atomic E-state index is 4.69. The van der Waals surface area contributed by atoms with Gasteiger partial charge >= 0.3 is 0 Å². The van der Waals surface area contributed by atoms with Gasteiger partial charge in [-0.15, -0.1) is 0 Å². The molecule has 0 aliphatic heterocycles. The minimum Gasteiger partial charge on any atom is -0.184 e. The minimum atomic E-state index is 0.757. The van der Waals surface area contributed by atoms with Crippen LogP contribution < -0.4 is 0 Å². The van der Waals surface area contributed by atoms with Crippen molar-refractivity contribution >= 4 is 10.8 Å². The van der Waals surface area contributed by atoms with Crippen LogP contribution >= 0.6 is 0 Å². The van der Waals surface area contributed by atoms with Crippen LogP contribution in [0.25, 0.3) is 33.3 Å². The second kappa shape index (κ2) is 5.69. The van der Waals surface area contributed by atoms with Crippen LogP contribution in [0.1, 0.15) is 6.92 Å². The van der Waals surface area contributed by atoms with Crippen molar-refractivity contribution in [3.05, 3.63) is 72.8 Å². The van der Waals surface area contributed by atoms with Crippen LogP contribution in [0.4, 0.5) is 0 Å². The van der Waals surface area contributed by atoms with Crippen LogP contribution in [-0.2, 0) is 6.54 Å². The third-order valence-corrected chi connectivity index (χ3v) is 4.01. The molecule has 0 spiro atoms. The number of aryl methyl sites for hydroxylation is 1. The van der Waals surface area contributed by atoms with Crippen LogP contribution in [0.15, 0.2) is 72.8 Å². The summed E-state index contributed by atoms with van der Waals surface area (Å²) in [6.07, 6.45) is 0. The molecule has 1 aromatic heterocycles. The highest BCUT2D eigenvalue weighted by Gasteiger charge is 2.14. The number of hydrogen-bond acceptors (Lipinski definition) is 2. The van der Waals surface area contributed by atoms with E-state index in [0.717, 1.165) is 29.1 Å². The summed E-state index contributed by atoms with van der Waals surface area (Å²) in [5, 5.41) is 11.8. The Morgan fingerprint density at radius 2 is 1.35 bits per heavy atom. The zero-order chi connectivity index (χ0) is 15.6. The van der Waals surface area contributed by atoms with Gasteiger partial charge in [0.05, 0.1) is 6.54 Å². The topological polar surface area (TPSA) is 30.7 Å². The Labute approximate surface area is 135 Å². The molecule has 3 heteroatoms. The zero-order valence-electron chi connectivity index (χ0n) is 13.0. The molecular weight excluding hydrogens is 282 g/mol. The van der Waals surface area contributed by atoms with Gasteiger partial charge in [-0.05, 0) is 23.8 Å². The van der Waals surface area contributed by atoms with Gasteiger partial charge in [0.15, 0.2) is 0 Å². The van der Waals surface area contributed by atoms with Crippen LogP contribution in [0.2, 0.25) is 0 Å². The standard InChI is InChI=1S/C20H17N3/c1-2-23-21-19(16-9-4-3-5-10-16)20(22-23)18-13-12-15-8-6-7-11-17(15)14-18/h3-14H,2H2,1H3. The first-order valence-electron chi connectivity index (χ1n) is 7.85. The van der Waals surface area contributed by atoms with Gasteiger partial charge in [-0.25, -0.2) is 0 Å². The molecule has 0 aliphatic rings. The predicted molar refractivity (Wildman–Crippen MR) is 94.1 cm³/mol. The Kier molecular flexibility index (Phi) is 3.39. The summed E-state index contributed by atoms with van der Waals surface area (Å²) in [5.41, 5.74) is 4.06. The van der Waals surface area contributed by atoms with Crippen molar-refractivity contribution in [2.75, 3.05) is 0 Å². The molecule has 0 aliphatic carbocycles. The molecule has 0 saturated heterocycles. The number of fused-ring (bicyclic) bond motifs is 1. The lowest BCUT2D eigenvalue weighted by molar-refractivity contribution is 0.572. The number of rotatable bonds is 3. The van der Waals surface area contributed by atoms with E-state index in [1.807, 2.05) is 18.2 Å². The van der Waals surface area contributed by atoms with Gasteiger partial charge < -0.3 is 0 Å². The van der Waals surface area contributed by atoms with Gasteiger partial charge in [-0.3, -0.25) is 0 Å². The summed E-state index contributed by atoms with van der Waals surface area (Å²) in [6, 6.07) is 25.1. The number of benzene rings is 3. The predicted octanol–water partition coefficient (Wildman–Crippen LogP) is 4.79. The van der Waals surface area contributed by atoms with E-state index in [0.29, 0.717) is 0 Å².